The van der Waals surface area contributed by atoms with Crippen LogP contribution in [0, 0.1) is 4.91 Å². The maximum Gasteiger partial charge on any atom is 0.324 e. The minimum atomic E-state index is -0.762. The largest absolute Gasteiger partial charge is 0.480 e. The molecule has 2 aliphatic heterocycles. The fourth-order valence-corrected chi connectivity index (χ4v) is 2.93. The molecule has 2 aliphatic rings. The predicted octanol–water partition coefficient (Wildman–Crippen LogP) is 1.07. The summed E-state index contributed by atoms with van der Waals surface area (Å²) in [6.07, 6.45) is 4.33. The highest BCUT2D eigenvalue weighted by Crippen LogP contribution is 2.31. The molecule has 0 radical (unpaired) electrons. The Hall–Kier alpha value is -1.17. The number of carboxylic acid groups (broad SMARTS) is 1. The van der Waals surface area contributed by atoms with Crippen molar-refractivity contribution in [1.29, 1.82) is 0 Å². The number of likely N-dealkylation sites (tertiary alicyclic amines) is 1. The first-order chi connectivity index (χ1) is 8.19. The van der Waals surface area contributed by atoms with Gasteiger partial charge in [0, 0.05) is 13.1 Å². The maximum absolute atomic E-state index is 11.6. The molecule has 6 heteroatoms. The minimum absolute atomic E-state index is 0.451. The van der Waals surface area contributed by atoms with Crippen LogP contribution in [0.4, 0.5) is 0 Å². The molecular weight excluding hydrogens is 222 g/mol. The van der Waals surface area contributed by atoms with Gasteiger partial charge in [-0.1, -0.05) is 6.42 Å². The second-order valence-corrected chi connectivity index (χ2v) is 4.92. The molecule has 0 saturated carbocycles. The second-order valence-electron chi connectivity index (χ2n) is 4.92. The van der Waals surface area contributed by atoms with Crippen molar-refractivity contribution < 1.29 is 9.90 Å². The van der Waals surface area contributed by atoms with Crippen LogP contribution in [0.2, 0.25) is 0 Å². The average molecular weight is 241 g/mol. The van der Waals surface area contributed by atoms with Crippen LogP contribution in [0.5, 0.6) is 0 Å². The summed E-state index contributed by atoms with van der Waals surface area (Å²) < 4.78 is 0. The van der Waals surface area contributed by atoms with Crippen LogP contribution < -0.4 is 0 Å². The van der Waals surface area contributed by atoms with Gasteiger partial charge in [-0.25, -0.2) is 0 Å². The first-order valence-corrected chi connectivity index (χ1v) is 6.26. The third kappa shape index (κ3) is 2.26. The average Bonchev–Trinajstić information content (AvgIpc) is 2.39. The molecule has 0 amide bonds. The molecule has 0 aliphatic carbocycles. The maximum atomic E-state index is 11.6. The van der Waals surface area contributed by atoms with Gasteiger partial charge < -0.3 is 5.11 Å². The van der Waals surface area contributed by atoms with Crippen LogP contribution in [0.15, 0.2) is 5.29 Å². The van der Waals surface area contributed by atoms with E-state index in [0.717, 1.165) is 25.9 Å². The van der Waals surface area contributed by atoms with Crippen molar-refractivity contribution in [2.45, 2.75) is 37.6 Å². The molecule has 2 rings (SSSR count). The van der Waals surface area contributed by atoms with Gasteiger partial charge >= 0.3 is 5.97 Å². The second kappa shape index (κ2) is 5.00. The van der Waals surface area contributed by atoms with Crippen molar-refractivity contribution >= 4 is 5.97 Å². The SMILES string of the molecule is O=NN1CCC(C(=O)O)(N2CCCCC2)CC1. The van der Waals surface area contributed by atoms with E-state index < -0.39 is 11.5 Å². The number of hydrogen-bond donors (Lipinski definition) is 1. The van der Waals surface area contributed by atoms with Gasteiger partial charge in [0.2, 0.25) is 0 Å². The lowest BCUT2D eigenvalue weighted by atomic mass is 9.84. The Morgan fingerprint density at radius 1 is 1.06 bits per heavy atom. The van der Waals surface area contributed by atoms with Crippen LogP contribution in [-0.4, -0.2) is 52.7 Å². The normalized spacial score (nSPS) is 25.5. The standard InChI is InChI=1S/C11H19N3O3/c15-10(16)11(13-6-2-1-3-7-13)4-8-14(12-17)9-5-11/h1-9H2,(H,15,16). The lowest BCUT2D eigenvalue weighted by Gasteiger charge is -2.46. The van der Waals surface area contributed by atoms with Crippen LogP contribution in [0.3, 0.4) is 0 Å². The molecule has 0 spiro atoms. The molecule has 2 heterocycles. The van der Waals surface area contributed by atoms with E-state index in [0.29, 0.717) is 25.9 Å². The molecule has 0 bridgehead atoms. The van der Waals surface area contributed by atoms with E-state index >= 15 is 0 Å². The number of aliphatic carboxylic acids is 1. The highest BCUT2D eigenvalue weighted by molar-refractivity contribution is 5.79. The number of hydrogen-bond acceptors (Lipinski definition) is 4. The van der Waals surface area contributed by atoms with Gasteiger partial charge in [0.15, 0.2) is 0 Å². The third-order valence-corrected chi connectivity index (χ3v) is 4.04. The van der Waals surface area contributed by atoms with Crippen LogP contribution >= 0.6 is 0 Å². The molecule has 1 N–H and O–H groups in total. The topological polar surface area (TPSA) is 73.2 Å². The summed E-state index contributed by atoms with van der Waals surface area (Å²) in [6.45, 7) is 2.63. The van der Waals surface area contributed by atoms with Crippen molar-refractivity contribution in [3.8, 4) is 0 Å². The Balaban J connectivity index is 2.10. The van der Waals surface area contributed by atoms with E-state index in [4.69, 9.17) is 0 Å². The van der Waals surface area contributed by atoms with E-state index in [2.05, 4.69) is 10.2 Å². The Kier molecular flexibility index (Phi) is 3.61. The lowest BCUT2D eigenvalue weighted by Crippen LogP contribution is -2.60. The molecule has 2 saturated heterocycles. The van der Waals surface area contributed by atoms with Gasteiger partial charge in [0.25, 0.3) is 0 Å². The smallest absolute Gasteiger partial charge is 0.324 e. The zero-order chi connectivity index (χ0) is 12.3. The molecule has 2 fully saturated rings. The Labute approximate surface area is 101 Å². The number of piperidine rings is 2. The molecule has 6 nitrogen and oxygen atoms in total. The summed E-state index contributed by atoms with van der Waals surface area (Å²) in [5.41, 5.74) is -0.762. The molecule has 0 aromatic heterocycles. The molecule has 0 atom stereocenters. The number of nitrogens with zero attached hydrogens (tertiary/aromatic N) is 3. The summed E-state index contributed by atoms with van der Waals surface area (Å²) in [7, 11) is 0. The van der Waals surface area contributed by atoms with Gasteiger partial charge in [0.05, 0.1) is 5.29 Å². The van der Waals surface area contributed by atoms with E-state index in [-0.39, 0.29) is 0 Å². The van der Waals surface area contributed by atoms with Gasteiger partial charge in [-0.2, -0.15) is 0 Å². The Morgan fingerprint density at radius 3 is 2.12 bits per heavy atom. The van der Waals surface area contributed by atoms with E-state index in [1.165, 1.54) is 11.4 Å². The molecule has 96 valence electrons. The summed E-state index contributed by atoms with van der Waals surface area (Å²) in [6, 6.07) is 0. The number of nitroso groups, excluding NO2 is 1. The number of carboxylic acids is 1. The molecule has 0 aromatic rings. The van der Waals surface area contributed by atoms with Crippen LogP contribution in [0.1, 0.15) is 32.1 Å². The quantitative estimate of drug-likeness (QED) is 0.748. The monoisotopic (exact) mass is 241 g/mol. The van der Waals surface area contributed by atoms with Crippen molar-refractivity contribution in [2.75, 3.05) is 26.2 Å². The number of carbonyl (C=O) groups is 1. The van der Waals surface area contributed by atoms with Gasteiger partial charge in [0.1, 0.15) is 5.54 Å². The number of rotatable bonds is 3. The minimum Gasteiger partial charge on any atom is -0.480 e. The summed E-state index contributed by atoms with van der Waals surface area (Å²) >= 11 is 0. The molecular formula is C11H19N3O3. The predicted molar refractivity (Wildman–Crippen MR) is 62.4 cm³/mol. The van der Waals surface area contributed by atoms with Crippen LogP contribution in [0.25, 0.3) is 0 Å². The summed E-state index contributed by atoms with van der Waals surface area (Å²) in [4.78, 5) is 24.1. The summed E-state index contributed by atoms with van der Waals surface area (Å²) in [5, 5.41) is 13.8. The van der Waals surface area contributed by atoms with E-state index in [1.807, 2.05) is 0 Å². The highest BCUT2D eigenvalue weighted by atomic mass is 16.4. The lowest BCUT2D eigenvalue weighted by molar-refractivity contribution is -0.156. The Morgan fingerprint density at radius 2 is 1.65 bits per heavy atom. The zero-order valence-corrected chi connectivity index (χ0v) is 9.97. The highest BCUT2D eigenvalue weighted by Gasteiger charge is 2.46. The fourth-order valence-electron chi connectivity index (χ4n) is 2.93. The van der Waals surface area contributed by atoms with Gasteiger partial charge in [-0.3, -0.25) is 14.7 Å². The van der Waals surface area contributed by atoms with Crippen molar-refractivity contribution in [3.05, 3.63) is 4.91 Å². The fraction of sp³-hybridized carbons (Fsp3) is 0.909. The molecule has 0 aromatic carbocycles. The van der Waals surface area contributed by atoms with Crippen LogP contribution in [-0.2, 0) is 4.79 Å². The first kappa shape index (κ1) is 12.3. The molecule has 17 heavy (non-hydrogen) atoms. The van der Waals surface area contributed by atoms with E-state index in [9.17, 15) is 14.8 Å². The van der Waals surface area contributed by atoms with E-state index in [1.54, 1.807) is 0 Å². The van der Waals surface area contributed by atoms with Crippen molar-refractivity contribution in [1.82, 2.24) is 9.91 Å². The zero-order valence-electron chi connectivity index (χ0n) is 9.97. The van der Waals surface area contributed by atoms with Gasteiger partial charge in [-0.15, -0.1) is 4.91 Å². The molecule has 0 unspecified atom stereocenters. The Bertz CT molecular complexity index is 294. The van der Waals surface area contributed by atoms with Crippen molar-refractivity contribution in [3.63, 3.8) is 0 Å². The summed E-state index contributed by atoms with van der Waals surface area (Å²) in [5.74, 6) is -0.745. The van der Waals surface area contributed by atoms with Gasteiger partial charge in [-0.05, 0) is 38.8 Å². The van der Waals surface area contributed by atoms with Crippen molar-refractivity contribution in [2.24, 2.45) is 5.29 Å². The first-order valence-electron chi connectivity index (χ1n) is 6.26. The third-order valence-electron chi connectivity index (χ3n) is 4.04.